The van der Waals surface area contributed by atoms with Crippen molar-refractivity contribution in [2.24, 2.45) is 0 Å². The normalized spacial score (nSPS) is 16.7. The van der Waals surface area contributed by atoms with Gasteiger partial charge in [-0.05, 0) is 46.1 Å². The number of carbonyl (C=O) groups is 1. The molecule has 4 heterocycles. The summed E-state index contributed by atoms with van der Waals surface area (Å²) >= 11 is 0. The molecular weight excluding hydrogens is 380 g/mol. The van der Waals surface area contributed by atoms with Crippen LogP contribution in [0.2, 0.25) is 0 Å². The maximum absolute atomic E-state index is 12.7. The maximum Gasteiger partial charge on any atom is 0.272 e. The van der Waals surface area contributed by atoms with E-state index in [1.54, 1.807) is 6.07 Å². The minimum atomic E-state index is -0.0903. The van der Waals surface area contributed by atoms with Crippen LogP contribution in [0.15, 0.2) is 16.9 Å². The van der Waals surface area contributed by atoms with E-state index in [4.69, 9.17) is 4.98 Å². The summed E-state index contributed by atoms with van der Waals surface area (Å²) in [5.41, 5.74) is 5.60. The number of hydrogen-bond acceptors (Lipinski definition) is 4. The number of aromatic amines is 1. The summed E-state index contributed by atoms with van der Waals surface area (Å²) in [6.45, 7) is 10.2. The van der Waals surface area contributed by atoms with Crippen LogP contribution in [0.1, 0.15) is 60.4 Å². The summed E-state index contributed by atoms with van der Waals surface area (Å²) in [4.78, 5) is 32.0. The molecule has 8 heteroatoms. The molecule has 4 rings (SSSR count). The molecule has 1 fully saturated rings. The van der Waals surface area contributed by atoms with Gasteiger partial charge in [-0.1, -0.05) is 6.92 Å². The minimum absolute atomic E-state index is 0.0903. The van der Waals surface area contributed by atoms with E-state index in [-0.39, 0.29) is 17.4 Å². The molecule has 1 N–H and O–H groups in total. The Bertz CT molecular complexity index is 1140. The summed E-state index contributed by atoms with van der Waals surface area (Å²) in [6.07, 6.45) is 2.95. The largest absolute Gasteiger partial charge is 0.342 e. The van der Waals surface area contributed by atoms with Crippen molar-refractivity contribution in [3.63, 3.8) is 0 Å². The number of fused-ring (bicyclic) bond motifs is 1. The Morgan fingerprint density at radius 3 is 2.77 bits per heavy atom. The smallest absolute Gasteiger partial charge is 0.272 e. The Hall–Kier alpha value is -2.90. The van der Waals surface area contributed by atoms with E-state index in [1.807, 2.05) is 30.4 Å². The fraction of sp³-hybridized carbons (Fsp3) is 0.545. The first kappa shape index (κ1) is 20.4. The van der Waals surface area contributed by atoms with E-state index in [0.717, 1.165) is 60.7 Å². The van der Waals surface area contributed by atoms with E-state index < -0.39 is 0 Å². The van der Waals surface area contributed by atoms with Crippen molar-refractivity contribution in [2.45, 2.75) is 65.8 Å². The lowest BCUT2D eigenvalue weighted by molar-refractivity contribution is -0.130. The molecule has 8 nitrogen and oxygen atoms in total. The average Bonchev–Trinajstić information content (AvgIpc) is 3.39. The Kier molecular flexibility index (Phi) is 5.49. The second-order valence-electron chi connectivity index (χ2n) is 8.33. The van der Waals surface area contributed by atoms with Gasteiger partial charge in [0.2, 0.25) is 5.91 Å². The molecular formula is C22H30N6O2. The number of H-pyrrole nitrogens is 1. The molecule has 0 bridgehead atoms. The van der Waals surface area contributed by atoms with Crippen LogP contribution in [-0.2, 0) is 17.8 Å². The lowest BCUT2D eigenvalue weighted by Crippen LogP contribution is -2.28. The summed E-state index contributed by atoms with van der Waals surface area (Å²) in [7, 11) is 0. The number of aryl methyl sites for hydroxylation is 5. The second-order valence-corrected chi connectivity index (χ2v) is 8.33. The monoisotopic (exact) mass is 410 g/mol. The molecule has 30 heavy (non-hydrogen) atoms. The molecule has 1 atom stereocenters. The molecule has 0 saturated carbocycles. The molecule has 1 saturated heterocycles. The van der Waals surface area contributed by atoms with Crippen molar-refractivity contribution in [1.29, 1.82) is 0 Å². The van der Waals surface area contributed by atoms with E-state index in [2.05, 4.69) is 23.2 Å². The average molecular weight is 411 g/mol. The summed E-state index contributed by atoms with van der Waals surface area (Å²) < 4.78 is 3.49. The quantitative estimate of drug-likeness (QED) is 0.676. The fourth-order valence-corrected chi connectivity index (χ4v) is 4.51. The molecule has 0 radical (unpaired) electrons. The zero-order valence-corrected chi connectivity index (χ0v) is 18.2. The zero-order chi connectivity index (χ0) is 21.4. The Balaban J connectivity index is 1.41. The number of amides is 1. The van der Waals surface area contributed by atoms with Crippen LogP contribution >= 0.6 is 0 Å². The molecule has 1 aliphatic rings. The van der Waals surface area contributed by atoms with Crippen LogP contribution in [0.5, 0.6) is 0 Å². The number of carbonyl (C=O) groups excluding carboxylic acids is 1. The highest BCUT2D eigenvalue weighted by molar-refractivity contribution is 5.76. The molecule has 160 valence electrons. The van der Waals surface area contributed by atoms with Crippen molar-refractivity contribution >= 4 is 11.6 Å². The minimum Gasteiger partial charge on any atom is -0.342 e. The van der Waals surface area contributed by atoms with Crippen molar-refractivity contribution < 1.29 is 4.79 Å². The number of hydrogen-bond donors (Lipinski definition) is 1. The Morgan fingerprint density at radius 1 is 1.27 bits per heavy atom. The summed E-state index contributed by atoms with van der Waals surface area (Å²) in [5, 5.41) is 7.56. The van der Waals surface area contributed by atoms with Crippen molar-refractivity contribution in [3.05, 3.63) is 50.8 Å². The Labute approximate surface area is 175 Å². The highest BCUT2D eigenvalue weighted by Gasteiger charge is 2.29. The number of aromatic nitrogens is 5. The molecule has 0 spiro atoms. The van der Waals surface area contributed by atoms with Crippen molar-refractivity contribution in [1.82, 2.24) is 29.3 Å². The number of nitrogens with one attached hydrogen (secondary N) is 1. The van der Waals surface area contributed by atoms with Gasteiger partial charge in [0.05, 0.1) is 11.4 Å². The molecule has 3 aromatic rings. The van der Waals surface area contributed by atoms with Crippen LogP contribution in [-0.4, -0.2) is 48.3 Å². The van der Waals surface area contributed by atoms with Crippen LogP contribution in [0.25, 0.3) is 5.65 Å². The SMILES string of the molecule is CCc1c(C)[nH]n2c(=O)cc([C@H]3CCN(C(=O)CCCn4nc(C)cc4C)C3)nc12. The van der Waals surface area contributed by atoms with Crippen molar-refractivity contribution in [2.75, 3.05) is 13.1 Å². The van der Waals surface area contributed by atoms with Gasteiger partial charge in [-0.2, -0.15) is 5.10 Å². The van der Waals surface area contributed by atoms with Gasteiger partial charge in [0.25, 0.3) is 5.56 Å². The highest BCUT2D eigenvalue weighted by atomic mass is 16.2. The van der Waals surface area contributed by atoms with Crippen LogP contribution < -0.4 is 5.56 Å². The maximum atomic E-state index is 12.7. The van der Waals surface area contributed by atoms with Gasteiger partial charge in [0.1, 0.15) is 0 Å². The molecule has 1 aliphatic heterocycles. The van der Waals surface area contributed by atoms with Gasteiger partial charge in [0.15, 0.2) is 5.65 Å². The van der Waals surface area contributed by atoms with E-state index in [1.165, 1.54) is 4.52 Å². The lowest BCUT2D eigenvalue weighted by atomic mass is 10.0. The van der Waals surface area contributed by atoms with Crippen molar-refractivity contribution in [3.8, 4) is 0 Å². The topological polar surface area (TPSA) is 88.3 Å². The molecule has 0 aliphatic carbocycles. The van der Waals surface area contributed by atoms with E-state index >= 15 is 0 Å². The van der Waals surface area contributed by atoms with Crippen LogP contribution in [0.3, 0.4) is 0 Å². The lowest BCUT2D eigenvalue weighted by Gasteiger charge is -2.16. The van der Waals surface area contributed by atoms with Gasteiger partial charge in [-0.25, -0.2) is 9.50 Å². The van der Waals surface area contributed by atoms with Crippen LogP contribution in [0.4, 0.5) is 0 Å². The second kappa shape index (κ2) is 8.08. The first-order valence-corrected chi connectivity index (χ1v) is 10.8. The van der Waals surface area contributed by atoms with Gasteiger partial charge in [0, 0.05) is 55.0 Å². The highest BCUT2D eigenvalue weighted by Crippen LogP contribution is 2.27. The zero-order valence-electron chi connectivity index (χ0n) is 18.2. The summed E-state index contributed by atoms with van der Waals surface area (Å²) in [5.74, 6) is 0.283. The molecule has 0 unspecified atom stereocenters. The third-order valence-corrected chi connectivity index (χ3v) is 6.12. The summed E-state index contributed by atoms with van der Waals surface area (Å²) in [6, 6.07) is 3.67. The predicted octanol–water partition coefficient (Wildman–Crippen LogP) is 2.50. The molecule has 0 aromatic carbocycles. The van der Waals surface area contributed by atoms with Gasteiger partial charge in [-0.3, -0.25) is 19.4 Å². The number of nitrogens with zero attached hydrogens (tertiary/aromatic N) is 5. The molecule has 3 aromatic heterocycles. The first-order chi connectivity index (χ1) is 14.4. The van der Waals surface area contributed by atoms with E-state index in [9.17, 15) is 9.59 Å². The van der Waals surface area contributed by atoms with Crippen LogP contribution in [0, 0.1) is 20.8 Å². The molecule has 1 amide bonds. The number of likely N-dealkylation sites (tertiary alicyclic amines) is 1. The fourth-order valence-electron chi connectivity index (χ4n) is 4.51. The Morgan fingerprint density at radius 2 is 2.07 bits per heavy atom. The predicted molar refractivity (Wildman–Crippen MR) is 115 cm³/mol. The third kappa shape index (κ3) is 3.78. The first-order valence-electron chi connectivity index (χ1n) is 10.8. The van der Waals surface area contributed by atoms with Gasteiger partial charge in [-0.15, -0.1) is 0 Å². The third-order valence-electron chi connectivity index (χ3n) is 6.12. The van der Waals surface area contributed by atoms with Gasteiger partial charge < -0.3 is 4.90 Å². The van der Waals surface area contributed by atoms with E-state index in [0.29, 0.717) is 18.6 Å². The standard InChI is InChI=1S/C22H30N6O2/c1-5-18-16(4)25-28-21(30)12-19(23-22(18)28)17-8-10-26(13-17)20(29)7-6-9-27-15(3)11-14(2)24-27/h11-12,17,25H,5-10,13H2,1-4H3/t17-/m0/s1. The van der Waals surface area contributed by atoms with Gasteiger partial charge >= 0.3 is 0 Å². The number of rotatable bonds is 6.